The lowest BCUT2D eigenvalue weighted by Crippen LogP contribution is -2.24. The van der Waals surface area contributed by atoms with Crippen LogP contribution in [0, 0.1) is 0 Å². The normalized spacial score (nSPS) is 21.3. The number of hydrogen-bond acceptors (Lipinski definition) is 2. The topological polar surface area (TPSA) is 15.3 Å². The Balaban J connectivity index is 1.54. The van der Waals surface area contributed by atoms with Crippen LogP contribution >= 0.6 is 0 Å². The average molecular weight is 258 g/mol. The molecule has 1 aromatic rings. The lowest BCUT2D eigenvalue weighted by Gasteiger charge is -2.20. The molecular weight excluding hydrogens is 232 g/mol. The third kappa shape index (κ3) is 4.32. The molecule has 0 radical (unpaired) electrons. The summed E-state index contributed by atoms with van der Waals surface area (Å²) in [7, 11) is 0. The minimum Gasteiger partial charge on any atom is -0.310 e. The maximum Gasteiger partial charge on any atom is 0.0233 e. The van der Waals surface area contributed by atoms with Gasteiger partial charge in [-0.05, 0) is 49.9 Å². The zero-order valence-electron chi connectivity index (χ0n) is 11.9. The van der Waals surface area contributed by atoms with Crippen LogP contribution in [0.5, 0.6) is 0 Å². The van der Waals surface area contributed by atoms with Crippen molar-refractivity contribution in [3.63, 3.8) is 0 Å². The Morgan fingerprint density at radius 1 is 1.00 bits per heavy atom. The van der Waals surface area contributed by atoms with E-state index in [0.717, 1.165) is 19.1 Å². The summed E-state index contributed by atoms with van der Waals surface area (Å²) in [5.74, 6) is 0. The Bertz CT molecular complexity index is 390. The molecule has 1 saturated heterocycles. The molecule has 1 saturated carbocycles. The molecule has 0 spiro atoms. The fourth-order valence-electron chi connectivity index (χ4n) is 2.94. The van der Waals surface area contributed by atoms with Gasteiger partial charge >= 0.3 is 0 Å². The van der Waals surface area contributed by atoms with Gasteiger partial charge in [-0.15, -0.1) is 0 Å². The van der Waals surface area contributed by atoms with Gasteiger partial charge in [0.15, 0.2) is 0 Å². The Morgan fingerprint density at radius 2 is 1.74 bits per heavy atom. The number of hydrogen-bond donors (Lipinski definition) is 1. The third-order valence-electron chi connectivity index (χ3n) is 4.27. The smallest absolute Gasteiger partial charge is 0.0233 e. The molecule has 2 aliphatic rings. The monoisotopic (exact) mass is 258 g/mol. The molecule has 2 nitrogen and oxygen atoms in total. The van der Waals surface area contributed by atoms with Crippen molar-refractivity contribution < 1.29 is 0 Å². The van der Waals surface area contributed by atoms with Gasteiger partial charge in [-0.3, -0.25) is 4.90 Å². The third-order valence-corrected chi connectivity index (χ3v) is 4.27. The van der Waals surface area contributed by atoms with E-state index in [0.29, 0.717) is 0 Å². The van der Waals surface area contributed by atoms with Gasteiger partial charge in [0.05, 0.1) is 0 Å². The molecule has 1 N–H and O–H groups in total. The van der Waals surface area contributed by atoms with Crippen molar-refractivity contribution in [3.05, 3.63) is 35.4 Å². The van der Waals surface area contributed by atoms with E-state index in [1.807, 2.05) is 0 Å². The first-order chi connectivity index (χ1) is 9.40. The van der Waals surface area contributed by atoms with Crippen LogP contribution in [0.3, 0.4) is 0 Å². The molecule has 1 aliphatic heterocycles. The highest BCUT2D eigenvalue weighted by Crippen LogP contribution is 2.20. The summed E-state index contributed by atoms with van der Waals surface area (Å²) in [5.41, 5.74) is 2.93. The summed E-state index contributed by atoms with van der Waals surface area (Å²) >= 11 is 0. The maximum absolute atomic E-state index is 3.60. The average Bonchev–Trinajstić information content (AvgIpc) is 3.25. The van der Waals surface area contributed by atoms with Crippen LogP contribution in [0.25, 0.3) is 0 Å². The molecule has 2 heteroatoms. The number of benzene rings is 1. The molecule has 1 heterocycles. The summed E-state index contributed by atoms with van der Waals surface area (Å²) < 4.78 is 0. The second kappa shape index (κ2) is 6.53. The maximum atomic E-state index is 3.60. The Labute approximate surface area is 117 Å². The highest BCUT2D eigenvalue weighted by atomic mass is 15.1. The zero-order chi connectivity index (χ0) is 12.9. The van der Waals surface area contributed by atoms with Crippen molar-refractivity contribution in [2.45, 2.75) is 57.7 Å². The zero-order valence-corrected chi connectivity index (χ0v) is 11.9. The minimum atomic E-state index is 0.800. The number of rotatable bonds is 5. The molecule has 2 fully saturated rings. The van der Waals surface area contributed by atoms with E-state index in [9.17, 15) is 0 Å². The summed E-state index contributed by atoms with van der Waals surface area (Å²) in [6.45, 7) is 4.74. The van der Waals surface area contributed by atoms with Crippen molar-refractivity contribution in [2.24, 2.45) is 0 Å². The van der Waals surface area contributed by atoms with E-state index < -0.39 is 0 Å². The lowest BCUT2D eigenvalue weighted by molar-refractivity contribution is 0.277. The summed E-state index contributed by atoms with van der Waals surface area (Å²) in [5, 5.41) is 3.60. The lowest BCUT2D eigenvalue weighted by atomic mass is 10.1. The van der Waals surface area contributed by atoms with Gasteiger partial charge in [0.1, 0.15) is 0 Å². The fourth-order valence-corrected chi connectivity index (χ4v) is 2.94. The van der Waals surface area contributed by atoms with Crippen LogP contribution in [-0.4, -0.2) is 24.0 Å². The van der Waals surface area contributed by atoms with Gasteiger partial charge in [-0.25, -0.2) is 0 Å². The quantitative estimate of drug-likeness (QED) is 0.871. The van der Waals surface area contributed by atoms with Crippen molar-refractivity contribution in [1.29, 1.82) is 0 Å². The highest BCUT2D eigenvalue weighted by Gasteiger charge is 2.19. The van der Waals surface area contributed by atoms with Gasteiger partial charge in [-0.1, -0.05) is 37.1 Å². The van der Waals surface area contributed by atoms with Crippen LogP contribution < -0.4 is 5.32 Å². The number of nitrogens with one attached hydrogen (secondary N) is 1. The summed E-state index contributed by atoms with van der Waals surface area (Å²) in [6, 6.07) is 9.94. The number of likely N-dealkylation sites (tertiary alicyclic amines) is 1. The number of nitrogens with zero attached hydrogens (tertiary/aromatic N) is 1. The molecular formula is C17H26N2. The highest BCUT2D eigenvalue weighted by molar-refractivity contribution is 5.23. The Hall–Kier alpha value is -0.860. The van der Waals surface area contributed by atoms with E-state index in [-0.39, 0.29) is 0 Å². The Kier molecular flexibility index (Phi) is 4.52. The molecule has 19 heavy (non-hydrogen) atoms. The molecule has 0 amide bonds. The minimum absolute atomic E-state index is 0.800. The SMILES string of the molecule is c1cc(CNC2CC2)cc(CN2CCCCCC2)c1. The molecule has 3 rings (SSSR count). The molecule has 0 atom stereocenters. The second-order valence-electron chi connectivity index (χ2n) is 6.17. The Morgan fingerprint density at radius 3 is 2.47 bits per heavy atom. The summed E-state index contributed by atoms with van der Waals surface area (Å²) in [4.78, 5) is 2.63. The summed E-state index contributed by atoms with van der Waals surface area (Å²) in [6.07, 6.45) is 8.33. The van der Waals surface area contributed by atoms with Crippen LogP contribution in [-0.2, 0) is 13.1 Å². The van der Waals surface area contributed by atoms with Crippen molar-refractivity contribution in [1.82, 2.24) is 10.2 Å². The van der Waals surface area contributed by atoms with E-state index >= 15 is 0 Å². The van der Waals surface area contributed by atoms with Gasteiger partial charge in [0, 0.05) is 19.1 Å². The largest absolute Gasteiger partial charge is 0.310 e. The molecule has 1 aliphatic carbocycles. The fraction of sp³-hybridized carbons (Fsp3) is 0.647. The van der Waals surface area contributed by atoms with E-state index in [2.05, 4.69) is 34.5 Å². The first-order valence-electron chi connectivity index (χ1n) is 7.94. The van der Waals surface area contributed by atoms with E-state index in [1.165, 1.54) is 62.7 Å². The van der Waals surface area contributed by atoms with Gasteiger partial charge in [-0.2, -0.15) is 0 Å². The molecule has 0 unspecified atom stereocenters. The molecule has 104 valence electrons. The first kappa shape index (κ1) is 13.1. The van der Waals surface area contributed by atoms with Crippen molar-refractivity contribution in [3.8, 4) is 0 Å². The standard InChI is InChI=1S/C17H26N2/c1-2-4-11-19(10-3-1)14-16-7-5-6-15(12-16)13-18-17-8-9-17/h5-7,12,17-18H,1-4,8-11,13-14H2. The van der Waals surface area contributed by atoms with E-state index in [1.54, 1.807) is 0 Å². The van der Waals surface area contributed by atoms with E-state index in [4.69, 9.17) is 0 Å². The van der Waals surface area contributed by atoms with Crippen molar-refractivity contribution in [2.75, 3.05) is 13.1 Å². The van der Waals surface area contributed by atoms with Crippen LogP contribution in [0.1, 0.15) is 49.7 Å². The van der Waals surface area contributed by atoms with Crippen LogP contribution in [0.2, 0.25) is 0 Å². The second-order valence-corrected chi connectivity index (χ2v) is 6.17. The first-order valence-corrected chi connectivity index (χ1v) is 7.94. The molecule has 0 bridgehead atoms. The van der Waals surface area contributed by atoms with Gasteiger partial charge in [0.2, 0.25) is 0 Å². The van der Waals surface area contributed by atoms with Crippen LogP contribution in [0.4, 0.5) is 0 Å². The van der Waals surface area contributed by atoms with Crippen LogP contribution in [0.15, 0.2) is 24.3 Å². The van der Waals surface area contributed by atoms with Gasteiger partial charge in [0.25, 0.3) is 0 Å². The molecule has 1 aromatic carbocycles. The predicted octanol–water partition coefficient (Wildman–Crippen LogP) is 3.31. The van der Waals surface area contributed by atoms with Crippen molar-refractivity contribution >= 4 is 0 Å². The predicted molar refractivity (Wildman–Crippen MR) is 80.0 cm³/mol. The molecule has 0 aromatic heterocycles. The van der Waals surface area contributed by atoms with Gasteiger partial charge < -0.3 is 5.32 Å².